The Bertz CT molecular complexity index is 1010. The number of methoxy groups -OCH3 is 1. The lowest BCUT2D eigenvalue weighted by molar-refractivity contribution is -0.164. The van der Waals surface area contributed by atoms with Crippen molar-refractivity contribution in [2.75, 3.05) is 37.5 Å². The van der Waals surface area contributed by atoms with Crippen LogP contribution in [0.3, 0.4) is 0 Å². The summed E-state index contributed by atoms with van der Waals surface area (Å²) in [5, 5.41) is 8.47. The van der Waals surface area contributed by atoms with Crippen molar-refractivity contribution in [1.29, 1.82) is 0 Å². The predicted octanol–water partition coefficient (Wildman–Crippen LogP) is 0.701. The maximum absolute atomic E-state index is 11.3. The zero-order valence-electron chi connectivity index (χ0n) is 16.4. The Kier molecular flexibility index (Phi) is 5.57. The second-order valence-electron chi connectivity index (χ2n) is 6.55. The van der Waals surface area contributed by atoms with E-state index in [0.717, 1.165) is 5.69 Å². The van der Waals surface area contributed by atoms with Crippen LogP contribution >= 0.6 is 0 Å². The molecule has 1 atom stereocenters. The SMILES string of the molecule is COC1CN(N(c2ccccc2)c2nc(N)n(-c3ccc(C(N)=O)cn3)n2)CCO1. The molecule has 156 valence electrons. The number of morpholine rings is 1. The Hall–Kier alpha value is -3.54. The van der Waals surface area contributed by atoms with Gasteiger partial charge in [-0.3, -0.25) is 4.79 Å². The van der Waals surface area contributed by atoms with Crippen molar-refractivity contribution >= 4 is 23.5 Å². The van der Waals surface area contributed by atoms with Gasteiger partial charge in [-0.1, -0.05) is 18.2 Å². The fraction of sp³-hybridized carbons (Fsp3) is 0.263. The summed E-state index contributed by atoms with van der Waals surface area (Å²) in [5.74, 6) is 0.385. The summed E-state index contributed by atoms with van der Waals surface area (Å²) in [6.45, 7) is 1.61. The highest BCUT2D eigenvalue weighted by Crippen LogP contribution is 2.27. The van der Waals surface area contributed by atoms with Gasteiger partial charge in [0.05, 0.1) is 24.4 Å². The summed E-state index contributed by atoms with van der Waals surface area (Å²) in [6.07, 6.45) is 1.01. The third-order valence-electron chi connectivity index (χ3n) is 4.62. The van der Waals surface area contributed by atoms with E-state index in [4.69, 9.17) is 20.9 Å². The minimum atomic E-state index is -0.559. The molecule has 1 aliphatic rings. The zero-order chi connectivity index (χ0) is 21.1. The first-order valence-corrected chi connectivity index (χ1v) is 9.30. The number of nitrogen functional groups attached to an aromatic ring is 1. The number of nitrogens with zero attached hydrogens (tertiary/aromatic N) is 6. The highest BCUT2D eigenvalue weighted by atomic mass is 16.7. The first-order valence-electron chi connectivity index (χ1n) is 9.30. The molecule has 1 amide bonds. The quantitative estimate of drug-likeness (QED) is 0.601. The van der Waals surface area contributed by atoms with Gasteiger partial charge in [0.15, 0.2) is 12.1 Å². The molecule has 3 aromatic rings. The minimum absolute atomic E-state index is 0.154. The molecule has 1 aliphatic heterocycles. The maximum atomic E-state index is 11.3. The van der Waals surface area contributed by atoms with Crippen LogP contribution in [0, 0.1) is 0 Å². The van der Waals surface area contributed by atoms with Crippen LogP contribution in [-0.2, 0) is 9.47 Å². The van der Waals surface area contributed by atoms with Crippen molar-refractivity contribution in [3.05, 3.63) is 54.2 Å². The van der Waals surface area contributed by atoms with Gasteiger partial charge in [0, 0.05) is 19.9 Å². The fourth-order valence-corrected chi connectivity index (χ4v) is 3.13. The molecule has 11 heteroatoms. The highest BCUT2D eigenvalue weighted by molar-refractivity contribution is 5.92. The van der Waals surface area contributed by atoms with E-state index in [2.05, 4.69) is 15.1 Å². The van der Waals surface area contributed by atoms with E-state index >= 15 is 0 Å². The summed E-state index contributed by atoms with van der Waals surface area (Å²) in [5.41, 5.74) is 12.6. The van der Waals surface area contributed by atoms with Gasteiger partial charge < -0.3 is 20.9 Å². The van der Waals surface area contributed by atoms with Crippen molar-refractivity contribution in [3.8, 4) is 5.82 Å². The van der Waals surface area contributed by atoms with Gasteiger partial charge >= 0.3 is 0 Å². The van der Waals surface area contributed by atoms with Crippen molar-refractivity contribution in [1.82, 2.24) is 24.8 Å². The van der Waals surface area contributed by atoms with E-state index in [9.17, 15) is 4.79 Å². The van der Waals surface area contributed by atoms with E-state index in [0.29, 0.717) is 37.0 Å². The smallest absolute Gasteiger partial charge is 0.266 e. The lowest BCUT2D eigenvalue weighted by atomic mass is 10.3. The Morgan fingerprint density at radius 2 is 2.07 bits per heavy atom. The molecule has 1 aromatic carbocycles. The Balaban J connectivity index is 1.71. The number of hydrazine groups is 1. The van der Waals surface area contributed by atoms with Gasteiger partial charge in [-0.15, -0.1) is 5.10 Å². The summed E-state index contributed by atoms with van der Waals surface area (Å²) >= 11 is 0. The standard InChI is InChI=1S/C19H22N8O3/c1-29-16-12-25(9-10-30-16)27(14-5-3-2-4-6-14)19-23-18(21)26(24-19)15-8-7-13(11-22-15)17(20)28/h2-8,11,16H,9-10,12H2,1H3,(H2,20,28)(H2,21,23,24). The van der Waals surface area contributed by atoms with Crippen LogP contribution in [0.25, 0.3) is 5.82 Å². The second kappa shape index (κ2) is 8.45. The zero-order valence-corrected chi connectivity index (χ0v) is 16.4. The molecule has 2 aromatic heterocycles. The molecular weight excluding hydrogens is 388 g/mol. The van der Waals surface area contributed by atoms with Crippen LogP contribution in [-0.4, -0.2) is 63.8 Å². The number of carbonyl (C=O) groups is 1. The number of anilines is 3. The molecule has 3 heterocycles. The molecule has 30 heavy (non-hydrogen) atoms. The third-order valence-corrected chi connectivity index (χ3v) is 4.62. The van der Waals surface area contributed by atoms with Crippen molar-refractivity contribution < 1.29 is 14.3 Å². The molecule has 1 saturated heterocycles. The van der Waals surface area contributed by atoms with Gasteiger partial charge in [-0.25, -0.2) is 15.0 Å². The Morgan fingerprint density at radius 3 is 2.73 bits per heavy atom. The van der Waals surface area contributed by atoms with Crippen molar-refractivity contribution in [3.63, 3.8) is 0 Å². The molecular formula is C19H22N8O3. The normalized spacial score (nSPS) is 17.0. The number of rotatable bonds is 6. The first kappa shape index (κ1) is 19.8. The average molecular weight is 410 g/mol. The number of amides is 1. The number of hydrogen-bond donors (Lipinski definition) is 2. The largest absolute Gasteiger partial charge is 0.368 e. The number of pyridine rings is 1. The average Bonchev–Trinajstić information content (AvgIpc) is 3.16. The number of benzene rings is 1. The number of nitrogens with two attached hydrogens (primary N) is 2. The first-order chi connectivity index (χ1) is 14.6. The van der Waals surface area contributed by atoms with E-state index in [1.807, 2.05) is 40.3 Å². The van der Waals surface area contributed by atoms with Gasteiger partial charge in [-0.05, 0) is 24.3 Å². The molecule has 0 spiro atoms. The number of para-hydroxylation sites is 1. The van der Waals surface area contributed by atoms with E-state index in [1.165, 1.54) is 10.9 Å². The maximum Gasteiger partial charge on any atom is 0.266 e. The summed E-state index contributed by atoms with van der Waals surface area (Å²) < 4.78 is 12.4. The summed E-state index contributed by atoms with van der Waals surface area (Å²) in [4.78, 5) is 20.0. The van der Waals surface area contributed by atoms with E-state index in [1.54, 1.807) is 19.2 Å². The number of ether oxygens (including phenoxy) is 2. The monoisotopic (exact) mass is 410 g/mol. The number of carbonyl (C=O) groups excluding carboxylic acids is 1. The topological polar surface area (TPSA) is 138 Å². The van der Waals surface area contributed by atoms with Gasteiger partial charge in [0.1, 0.15) is 0 Å². The highest BCUT2D eigenvalue weighted by Gasteiger charge is 2.29. The summed E-state index contributed by atoms with van der Waals surface area (Å²) in [7, 11) is 1.60. The molecule has 4 rings (SSSR count). The summed E-state index contributed by atoms with van der Waals surface area (Å²) in [6, 6.07) is 12.9. The van der Waals surface area contributed by atoms with Gasteiger partial charge in [-0.2, -0.15) is 9.67 Å². The molecule has 0 bridgehead atoms. The molecule has 1 unspecified atom stereocenters. The van der Waals surface area contributed by atoms with Crippen molar-refractivity contribution in [2.24, 2.45) is 5.73 Å². The number of hydrogen-bond acceptors (Lipinski definition) is 9. The number of aromatic nitrogens is 4. The lowest BCUT2D eigenvalue weighted by Crippen LogP contribution is -2.51. The van der Waals surface area contributed by atoms with Crippen LogP contribution in [0.1, 0.15) is 10.4 Å². The van der Waals surface area contributed by atoms with Crippen LogP contribution in [0.4, 0.5) is 17.6 Å². The van der Waals surface area contributed by atoms with Gasteiger partial charge in [0.2, 0.25) is 11.9 Å². The minimum Gasteiger partial charge on any atom is -0.368 e. The van der Waals surface area contributed by atoms with Crippen LogP contribution in [0.15, 0.2) is 48.7 Å². The molecule has 0 radical (unpaired) electrons. The molecule has 0 aliphatic carbocycles. The molecule has 0 saturated carbocycles. The fourth-order valence-electron chi connectivity index (χ4n) is 3.13. The number of primary amides is 1. The van der Waals surface area contributed by atoms with Crippen LogP contribution in [0.5, 0.6) is 0 Å². The van der Waals surface area contributed by atoms with E-state index < -0.39 is 5.91 Å². The van der Waals surface area contributed by atoms with Crippen LogP contribution < -0.4 is 16.5 Å². The van der Waals surface area contributed by atoms with E-state index in [-0.39, 0.29) is 12.2 Å². The Morgan fingerprint density at radius 1 is 1.27 bits per heavy atom. The van der Waals surface area contributed by atoms with Gasteiger partial charge in [0.25, 0.3) is 5.95 Å². The Labute approximate surface area is 172 Å². The predicted molar refractivity (Wildman–Crippen MR) is 109 cm³/mol. The van der Waals surface area contributed by atoms with Crippen LogP contribution in [0.2, 0.25) is 0 Å². The van der Waals surface area contributed by atoms with Crippen molar-refractivity contribution in [2.45, 2.75) is 6.29 Å². The molecule has 1 fully saturated rings. The third kappa shape index (κ3) is 3.94. The second-order valence-corrected chi connectivity index (χ2v) is 6.55. The molecule has 11 nitrogen and oxygen atoms in total. The molecule has 4 N–H and O–H groups in total. The lowest BCUT2D eigenvalue weighted by Gasteiger charge is -2.39.